The highest BCUT2D eigenvalue weighted by Gasteiger charge is 2.29. The number of primary amides is 1. The number of aryl methyl sites for hydroxylation is 1. The second kappa shape index (κ2) is 8.32. The van der Waals surface area contributed by atoms with Gasteiger partial charge in [-0.15, -0.1) is 0 Å². The second-order valence-electron chi connectivity index (χ2n) is 7.79. The van der Waals surface area contributed by atoms with Gasteiger partial charge in [0.25, 0.3) is 0 Å². The normalized spacial score (nSPS) is 16.7. The molecule has 0 spiro atoms. The van der Waals surface area contributed by atoms with Gasteiger partial charge in [-0.25, -0.2) is 4.98 Å². The lowest BCUT2D eigenvalue weighted by atomic mass is 10.0. The van der Waals surface area contributed by atoms with Crippen LogP contribution < -0.4 is 15.2 Å². The Morgan fingerprint density at radius 2 is 1.93 bits per heavy atom. The molecule has 156 valence electrons. The van der Waals surface area contributed by atoms with E-state index in [-0.39, 0.29) is 11.9 Å². The Kier molecular flexibility index (Phi) is 5.59. The molecule has 0 saturated carbocycles. The molecule has 3 aromatic rings. The van der Waals surface area contributed by atoms with E-state index < -0.39 is 0 Å². The number of nitrogens with two attached hydrogens (primary N) is 1. The van der Waals surface area contributed by atoms with Crippen molar-refractivity contribution in [2.75, 3.05) is 20.8 Å². The molecule has 4 rings (SSSR count). The first-order chi connectivity index (χ1) is 14.5. The Bertz CT molecular complexity index is 1100. The van der Waals surface area contributed by atoms with E-state index in [9.17, 15) is 4.79 Å². The van der Waals surface area contributed by atoms with Crippen molar-refractivity contribution in [3.8, 4) is 22.8 Å². The Labute approximate surface area is 176 Å². The maximum absolute atomic E-state index is 11.9. The molecule has 1 saturated heterocycles. The molecule has 1 atom stereocenters. The number of methoxy groups -OCH3 is 2. The summed E-state index contributed by atoms with van der Waals surface area (Å²) in [7, 11) is 3.25. The van der Waals surface area contributed by atoms with Gasteiger partial charge >= 0.3 is 0 Å². The minimum atomic E-state index is -0.260. The van der Waals surface area contributed by atoms with Crippen molar-refractivity contribution in [1.82, 2.24) is 9.88 Å². The van der Waals surface area contributed by atoms with Gasteiger partial charge in [-0.2, -0.15) is 0 Å². The SMILES string of the molecule is COc1ccc(-c2nc3cc(C)ccc3cc2CN2CCC[C@@H]2C(N)=O)cc1OC. The average Bonchev–Trinajstić information content (AvgIpc) is 3.21. The van der Waals surface area contributed by atoms with Crippen LogP contribution >= 0.6 is 0 Å². The Morgan fingerprint density at radius 1 is 1.13 bits per heavy atom. The van der Waals surface area contributed by atoms with Crippen molar-refractivity contribution in [3.63, 3.8) is 0 Å². The standard InChI is InChI=1S/C24H27N3O3/c1-15-6-7-16-12-18(14-27-10-4-5-20(27)24(25)28)23(26-19(16)11-15)17-8-9-21(29-2)22(13-17)30-3/h6-9,11-13,20H,4-5,10,14H2,1-3H3,(H2,25,28)/t20-/m1/s1. The summed E-state index contributed by atoms with van der Waals surface area (Å²) in [6.07, 6.45) is 1.78. The zero-order valence-corrected chi connectivity index (χ0v) is 17.6. The van der Waals surface area contributed by atoms with E-state index >= 15 is 0 Å². The summed E-state index contributed by atoms with van der Waals surface area (Å²) in [4.78, 5) is 19.1. The van der Waals surface area contributed by atoms with Crippen LogP contribution in [-0.4, -0.2) is 42.6 Å². The first kappa shape index (κ1) is 20.2. The molecule has 2 heterocycles. The summed E-state index contributed by atoms with van der Waals surface area (Å²) in [5.74, 6) is 1.07. The summed E-state index contributed by atoms with van der Waals surface area (Å²) in [6.45, 7) is 3.53. The van der Waals surface area contributed by atoms with Crippen LogP contribution in [0.2, 0.25) is 0 Å². The van der Waals surface area contributed by atoms with Crippen molar-refractivity contribution >= 4 is 16.8 Å². The molecule has 1 aromatic heterocycles. The van der Waals surface area contributed by atoms with Crippen LogP contribution in [0, 0.1) is 6.92 Å². The fourth-order valence-electron chi connectivity index (χ4n) is 4.23. The summed E-state index contributed by atoms with van der Waals surface area (Å²) in [5, 5.41) is 1.08. The van der Waals surface area contributed by atoms with Crippen LogP contribution in [-0.2, 0) is 11.3 Å². The number of amides is 1. The Morgan fingerprint density at radius 3 is 2.67 bits per heavy atom. The van der Waals surface area contributed by atoms with Gasteiger partial charge in [0, 0.05) is 17.5 Å². The maximum Gasteiger partial charge on any atom is 0.234 e. The molecule has 0 radical (unpaired) electrons. The van der Waals surface area contributed by atoms with Crippen LogP contribution in [0.25, 0.3) is 22.2 Å². The highest BCUT2D eigenvalue weighted by molar-refractivity contribution is 5.84. The molecule has 1 fully saturated rings. The number of pyridine rings is 1. The van der Waals surface area contributed by atoms with Gasteiger partial charge < -0.3 is 15.2 Å². The molecule has 1 aliphatic rings. The van der Waals surface area contributed by atoms with Gasteiger partial charge in [0.05, 0.1) is 31.5 Å². The van der Waals surface area contributed by atoms with Crippen molar-refractivity contribution in [2.45, 2.75) is 32.4 Å². The lowest BCUT2D eigenvalue weighted by Crippen LogP contribution is -2.39. The molecule has 6 nitrogen and oxygen atoms in total. The predicted octanol–water partition coefficient (Wildman–Crippen LogP) is 3.68. The predicted molar refractivity (Wildman–Crippen MR) is 118 cm³/mol. The zero-order chi connectivity index (χ0) is 21.3. The van der Waals surface area contributed by atoms with Crippen LogP contribution in [0.15, 0.2) is 42.5 Å². The highest BCUT2D eigenvalue weighted by Crippen LogP contribution is 2.35. The van der Waals surface area contributed by atoms with Gasteiger partial charge in [0.15, 0.2) is 11.5 Å². The molecular weight excluding hydrogens is 378 g/mol. The Hall–Kier alpha value is -3.12. The number of rotatable bonds is 6. The fourth-order valence-corrected chi connectivity index (χ4v) is 4.23. The van der Waals surface area contributed by atoms with Crippen molar-refractivity contribution in [3.05, 3.63) is 53.6 Å². The number of ether oxygens (including phenoxy) is 2. The average molecular weight is 405 g/mol. The smallest absolute Gasteiger partial charge is 0.234 e. The fraction of sp³-hybridized carbons (Fsp3) is 0.333. The van der Waals surface area contributed by atoms with Crippen LogP contribution in [0.5, 0.6) is 11.5 Å². The van der Waals surface area contributed by atoms with Crippen molar-refractivity contribution in [2.24, 2.45) is 5.73 Å². The summed E-state index contributed by atoms with van der Waals surface area (Å²) in [6, 6.07) is 14.0. The van der Waals surface area contributed by atoms with E-state index in [0.29, 0.717) is 18.0 Å². The molecule has 0 aliphatic carbocycles. The van der Waals surface area contributed by atoms with Crippen LogP contribution in [0.3, 0.4) is 0 Å². The number of benzene rings is 2. The highest BCUT2D eigenvalue weighted by atomic mass is 16.5. The van der Waals surface area contributed by atoms with E-state index in [1.54, 1.807) is 14.2 Å². The second-order valence-corrected chi connectivity index (χ2v) is 7.79. The number of carbonyl (C=O) groups excluding carboxylic acids is 1. The molecule has 1 aliphatic heterocycles. The Balaban J connectivity index is 1.84. The number of carbonyl (C=O) groups is 1. The van der Waals surface area contributed by atoms with Gasteiger partial charge in [-0.3, -0.25) is 9.69 Å². The van der Waals surface area contributed by atoms with Crippen molar-refractivity contribution < 1.29 is 14.3 Å². The molecule has 30 heavy (non-hydrogen) atoms. The zero-order valence-electron chi connectivity index (χ0n) is 17.6. The first-order valence-corrected chi connectivity index (χ1v) is 10.2. The van der Waals surface area contributed by atoms with E-state index in [1.807, 2.05) is 18.2 Å². The largest absolute Gasteiger partial charge is 0.493 e. The molecule has 2 N–H and O–H groups in total. The first-order valence-electron chi connectivity index (χ1n) is 10.2. The third-order valence-electron chi connectivity index (χ3n) is 5.77. The van der Waals surface area contributed by atoms with Gasteiger partial charge in [-0.1, -0.05) is 12.1 Å². The number of nitrogens with zero attached hydrogens (tertiary/aromatic N) is 2. The number of likely N-dealkylation sites (tertiary alicyclic amines) is 1. The summed E-state index contributed by atoms with van der Waals surface area (Å²) < 4.78 is 10.9. The molecule has 2 aromatic carbocycles. The van der Waals surface area contributed by atoms with Gasteiger partial charge in [0.2, 0.25) is 5.91 Å². The van der Waals surface area contributed by atoms with Gasteiger partial charge in [-0.05, 0) is 67.8 Å². The summed E-state index contributed by atoms with van der Waals surface area (Å²) >= 11 is 0. The van der Waals surface area contributed by atoms with E-state index in [4.69, 9.17) is 20.2 Å². The number of hydrogen-bond donors (Lipinski definition) is 1. The van der Waals surface area contributed by atoms with Crippen molar-refractivity contribution in [1.29, 1.82) is 0 Å². The number of fused-ring (bicyclic) bond motifs is 1. The lowest BCUT2D eigenvalue weighted by Gasteiger charge is -2.23. The van der Waals surface area contributed by atoms with Gasteiger partial charge in [0.1, 0.15) is 0 Å². The molecule has 0 bridgehead atoms. The van der Waals surface area contributed by atoms with E-state index in [2.05, 4.69) is 36.1 Å². The topological polar surface area (TPSA) is 77.7 Å². The van der Waals surface area contributed by atoms with E-state index in [0.717, 1.165) is 52.7 Å². The van der Waals surface area contributed by atoms with Crippen LogP contribution in [0.4, 0.5) is 0 Å². The van der Waals surface area contributed by atoms with E-state index in [1.165, 1.54) is 0 Å². The minimum Gasteiger partial charge on any atom is -0.493 e. The lowest BCUT2D eigenvalue weighted by molar-refractivity contribution is -0.122. The third-order valence-corrected chi connectivity index (χ3v) is 5.77. The number of aromatic nitrogens is 1. The summed E-state index contributed by atoms with van der Waals surface area (Å²) in [5.41, 5.74) is 10.6. The molecule has 0 unspecified atom stereocenters. The quantitative estimate of drug-likeness (QED) is 0.677. The monoisotopic (exact) mass is 405 g/mol. The number of hydrogen-bond acceptors (Lipinski definition) is 5. The maximum atomic E-state index is 11.9. The molecule has 1 amide bonds. The van der Waals surface area contributed by atoms with Crippen LogP contribution in [0.1, 0.15) is 24.0 Å². The molecule has 6 heteroatoms. The third kappa shape index (κ3) is 3.83. The minimum absolute atomic E-state index is 0.225. The molecular formula is C24H27N3O3.